The van der Waals surface area contributed by atoms with Gasteiger partial charge in [-0.2, -0.15) is 0 Å². The van der Waals surface area contributed by atoms with Gasteiger partial charge in [-0.3, -0.25) is 9.59 Å². The van der Waals surface area contributed by atoms with E-state index < -0.39 is 0 Å². The second-order valence-electron chi connectivity index (χ2n) is 7.99. The van der Waals surface area contributed by atoms with Crippen molar-refractivity contribution in [2.75, 3.05) is 25.0 Å². The number of hydrogen-bond donors (Lipinski definition) is 2. The summed E-state index contributed by atoms with van der Waals surface area (Å²) in [5.74, 6) is 0.000487. The molecule has 1 aliphatic carbocycles. The largest absolute Gasteiger partial charge is 0.339 e. The predicted octanol–water partition coefficient (Wildman–Crippen LogP) is 3.89. The maximum Gasteiger partial charge on any atom is 0.256 e. The molecule has 3 rings (SSSR count). The van der Waals surface area contributed by atoms with Crippen molar-refractivity contribution < 1.29 is 9.59 Å². The Kier molecular flexibility index (Phi) is 7.68. The summed E-state index contributed by atoms with van der Waals surface area (Å²) in [6, 6.07) is 5.66. The van der Waals surface area contributed by atoms with Crippen LogP contribution in [-0.2, 0) is 4.79 Å². The normalized spacial score (nSPS) is 18.7. The highest BCUT2D eigenvalue weighted by atomic mass is 35.5. The molecule has 0 atom stereocenters. The van der Waals surface area contributed by atoms with Crippen LogP contribution in [-0.4, -0.2) is 36.3 Å². The molecule has 150 valence electrons. The van der Waals surface area contributed by atoms with Crippen LogP contribution in [0.5, 0.6) is 0 Å². The van der Waals surface area contributed by atoms with Gasteiger partial charge in [-0.15, -0.1) is 12.4 Å². The molecule has 3 N–H and O–H groups in total. The standard InChI is InChI=1S/C21H31N3O2.ClH/c1-16-8-7-9-17(19(16)20(26)24-12-5-6-13-24)23-18(25)14-21(15-22)10-3-2-4-11-21;/h7-9H,2-6,10-15,22H2,1H3,(H,23,25);1H. The Labute approximate surface area is 168 Å². The maximum atomic E-state index is 12.9. The van der Waals surface area contributed by atoms with Gasteiger partial charge in [-0.05, 0) is 56.2 Å². The fraction of sp³-hybridized carbons (Fsp3) is 0.619. The Morgan fingerprint density at radius 2 is 1.78 bits per heavy atom. The highest BCUT2D eigenvalue weighted by molar-refractivity contribution is 6.05. The number of benzene rings is 1. The Balaban J connectivity index is 0.00000261. The smallest absolute Gasteiger partial charge is 0.256 e. The van der Waals surface area contributed by atoms with E-state index in [4.69, 9.17) is 5.73 Å². The van der Waals surface area contributed by atoms with Crippen LogP contribution in [0.1, 0.15) is 67.3 Å². The van der Waals surface area contributed by atoms with Crippen LogP contribution in [0.4, 0.5) is 5.69 Å². The second kappa shape index (κ2) is 9.56. The van der Waals surface area contributed by atoms with Gasteiger partial charge in [0.25, 0.3) is 5.91 Å². The van der Waals surface area contributed by atoms with Crippen LogP contribution < -0.4 is 11.1 Å². The Bertz CT molecular complexity index is 665. The summed E-state index contributed by atoms with van der Waals surface area (Å²) in [6.45, 7) is 4.09. The Hall–Kier alpha value is -1.59. The number of carbonyl (C=O) groups is 2. The molecule has 1 saturated carbocycles. The molecule has 0 unspecified atom stereocenters. The van der Waals surface area contributed by atoms with E-state index in [2.05, 4.69) is 5.32 Å². The maximum absolute atomic E-state index is 12.9. The van der Waals surface area contributed by atoms with Crippen molar-refractivity contribution in [3.63, 3.8) is 0 Å². The van der Waals surface area contributed by atoms with Gasteiger partial charge in [-0.1, -0.05) is 31.4 Å². The summed E-state index contributed by atoms with van der Waals surface area (Å²) in [5, 5.41) is 3.02. The Morgan fingerprint density at radius 1 is 1.11 bits per heavy atom. The van der Waals surface area contributed by atoms with Gasteiger partial charge in [0.1, 0.15) is 0 Å². The number of anilines is 1. The number of nitrogens with one attached hydrogen (secondary N) is 1. The van der Waals surface area contributed by atoms with Crippen molar-refractivity contribution in [3.8, 4) is 0 Å². The van der Waals surface area contributed by atoms with E-state index in [-0.39, 0.29) is 29.6 Å². The molecule has 1 aliphatic heterocycles. The van der Waals surface area contributed by atoms with Crippen molar-refractivity contribution in [3.05, 3.63) is 29.3 Å². The lowest BCUT2D eigenvalue weighted by molar-refractivity contribution is -0.118. The van der Waals surface area contributed by atoms with Crippen LogP contribution in [0.2, 0.25) is 0 Å². The molecule has 0 bridgehead atoms. The molecule has 0 radical (unpaired) electrons. The third kappa shape index (κ3) is 5.02. The van der Waals surface area contributed by atoms with Gasteiger partial charge in [0.2, 0.25) is 5.91 Å². The summed E-state index contributed by atoms with van der Waals surface area (Å²) < 4.78 is 0. The number of aryl methyl sites for hydroxylation is 1. The number of carbonyl (C=O) groups excluding carboxylic acids is 2. The minimum absolute atomic E-state index is 0. The number of halogens is 1. The first-order valence-corrected chi connectivity index (χ1v) is 9.93. The first kappa shape index (κ1) is 21.7. The van der Waals surface area contributed by atoms with Crippen molar-refractivity contribution in [1.29, 1.82) is 0 Å². The van der Waals surface area contributed by atoms with E-state index in [1.807, 2.05) is 30.0 Å². The minimum atomic E-state index is -0.0781. The third-order valence-electron chi connectivity index (χ3n) is 6.04. The summed E-state index contributed by atoms with van der Waals surface area (Å²) in [6.07, 6.45) is 8.11. The van der Waals surface area contributed by atoms with Gasteiger partial charge in [0.05, 0.1) is 11.3 Å². The molecule has 1 saturated heterocycles. The summed E-state index contributed by atoms with van der Waals surface area (Å²) >= 11 is 0. The quantitative estimate of drug-likeness (QED) is 0.796. The van der Waals surface area contributed by atoms with Crippen LogP contribution in [0.3, 0.4) is 0 Å². The predicted molar refractivity (Wildman–Crippen MR) is 111 cm³/mol. The molecule has 0 aromatic heterocycles. The fourth-order valence-corrected chi connectivity index (χ4v) is 4.42. The molecule has 2 fully saturated rings. The topological polar surface area (TPSA) is 75.4 Å². The lowest BCUT2D eigenvalue weighted by atomic mass is 9.71. The molecule has 2 amide bonds. The molecule has 5 nitrogen and oxygen atoms in total. The first-order valence-electron chi connectivity index (χ1n) is 9.93. The number of amides is 2. The first-order chi connectivity index (χ1) is 12.5. The van der Waals surface area contributed by atoms with Gasteiger partial charge in [0.15, 0.2) is 0 Å². The van der Waals surface area contributed by atoms with E-state index in [0.29, 0.717) is 24.2 Å². The van der Waals surface area contributed by atoms with Crippen molar-refractivity contribution in [2.24, 2.45) is 11.1 Å². The third-order valence-corrected chi connectivity index (χ3v) is 6.04. The second-order valence-corrected chi connectivity index (χ2v) is 7.99. The molecule has 1 aromatic carbocycles. The fourth-order valence-electron chi connectivity index (χ4n) is 4.42. The molecule has 27 heavy (non-hydrogen) atoms. The van der Waals surface area contributed by atoms with E-state index >= 15 is 0 Å². The highest BCUT2D eigenvalue weighted by Gasteiger charge is 2.33. The summed E-state index contributed by atoms with van der Waals surface area (Å²) in [7, 11) is 0. The van der Waals surface area contributed by atoms with Crippen molar-refractivity contribution >= 4 is 29.9 Å². The zero-order chi connectivity index (χ0) is 18.6. The number of rotatable bonds is 5. The monoisotopic (exact) mass is 393 g/mol. The molecule has 2 aliphatic rings. The average molecular weight is 394 g/mol. The molecule has 1 heterocycles. The van der Waals surface area contributed by atoms with E-state index in [0.717, 1.165) is 57.2 Å². The van der Waals surface area contributed by atoms with Crippen molar-refractivity contribution in [1.82, 2.24) is 4.90 Å². The summed E-state index contributed by atoms with van der Waals surface area (Å²) in [4.78, 5) is 27.6. The molecule has 0 spiro atoms. The molecule has 6 heteroatoms. The van der Waals surface area contributed by atoms with Crippen LogP contribution in [0.25, 0.3) is 0 Å². The highest BCUT2D eigenvalue weighted by Crippen LogP contribution is 2.38. The van der Waals surface area contributed by atoms with Gasteiger partial charge in [-0.25, -0.2) is 0 Å². The number of likely N-dealkylation sites (tertiary alicyclic amines) is 1. The minimum Gasteiger partial charge on any atom is -0.339 e. The Morgan fingerprint density at radius 3 is 2.41 bits per heavy atom. The van der Waals surface area contributed by atoms with Crippen molar-refractivity contribution in [2.45, 2.75) is 58.3 Å². The van der Waals surface area contributed by atoms with E-state index in [9.17, 15) is 9.59 Å². The van der Waals surface area contributed by atoms with Gasteiger partial charge >= 0.3 is 0 Å². The molecular weight excluding hydrogens is 362 g/mol. The lowest BCUT2D eigenvalue weighted by Gasteiger charge is -2.35. The van der Waals surface area contributed by atoms with E-state index in [1.54, 1.807) is 0 Å². The SMILES string of the molecule is Cc1cccc(NC(=O)CC2(CN)CCCCC2)c1C(=O)N1CCCC1.Cl. The van der Waals surface area contributed by atoms with Gasteiger partial charge < -0.3 is 16.0 Å². The number of nitrogens with zero attached hydrogens (tertiary/aromatic N) is 1. The van der Waals surface area contributed by atoms with Crippen LogP contribution in [0, 0.1) is 12.3 Å². The number of hydrogen-bond acceptors (Lipinski definition) is 3. The van der Waals surface area contributed by atoms with Crippen LogP contribution in [0.15, 0.2) is 18.2 Å². The summed E-state index contributed by atoms with van der Waals surface area (Å²) in [5.41, 5.74) is 8.12. The molecular formula is C21H32ClN3O2. The van der Waals surface area contributed by atoms with Crippen LogP contribution >= 0.6 is 12.4 Å². The zero-order valence-corrected chi connectivity index (χ0v) is 17.1. The van der Waals surface area contributed by atoms with Gasteiger partial charge in [0, 0.05) is 19.5 Å². The van der Waals surface area contributed by atoms with E-state index in [1.165, 1.54) is 6.42 Å². The zero-order valence-electron chi connectivity index (χ0n) is 16.3. The average Bonchev–Trinajstić information content (AvgIpc) is 3.17. The number of nitrogens with two attached hydrogens (primary N) is 1. The molecule has 1 aromatic rings. The lowest BCUT2D eigenvalue weighted by Crippen LogP contribution is -2.37.